The molecule has 0 radical (unpaired) electrons. The lowest BCUT2D eigenvalue weighted by Crippen LogP contribution is -2.31. The molecule has 2 aromatic heterocycles. The highest BCUT2D eigenvalue weighted by Crippen LogP contribution is 2.17. The Morgan fingerprint density at radius 1 is 1.63 bits per heavy atom. The lowest BCUT2D eigenvalue weighted by molar-refractivity contribution is 0.0956. The second kappa shape index (κ2) is 5.80. The Morgan fingerprint density at radius 3 is 3.05 bits per heavy atom. The molecule has 0 aliphatic carbocycles. The number of nitrogen functional groups attached to an aromatic ring is 1. The summed E-state index contributed by atoms with van der Waals surface area (Å²) < 4.78 is 2.06. The van der Waals surface area contributed by atoms with Crippen molar-refractivity contribution in [2.45, 2.75) is 13.5 Å². The highest BCUT2D eigenvalue weighted by molar-refractivity contribution is 14.1. The van der Waals surface area contributed by atoms with Gasteiger partial charge in [-0.3, -0.25) is 19.6 Å². The van der Waals surface area contributed by atoms with Gasteiger partial charge in [0.1, 0.15) is 0 Å². The Bertz CT molecular complexity index is 680. The molecule has 6 nitrogen and oxygen atoms in total. The van der Waals surface area contributed by atoms with Gasteiger partial charge in [0.2, 0.25) is 0 Å². The summed E-state index contributed by atoms with van der Waals surface area (Å²) in [4.78, 5) is 28.3. The largest absolute Gasteiger partial charge is 0.294 e. The van der Waals surface area contributed by atoms with Crippen LogP contribution in [-0.2, 0) is 6.54 Å². The number of nitrogens with zero attached hydrogens (tertiary/aromatic N) is 2. The number of hydrazine groups is 1. The molecule has 2 rings (SSSR count). The van der Waals surface area contributed by atoms with Crippen LogP contribution in [0.4, 0.5) is 0 Å². The van der Waals surface area contributed by atoms with Crippen LogP contribution < -0.4 is 16.8 Å². The van der Waals surface area contributed by atoms with Crippen molar-refractivity contribution in [2.75, 3.05) is 0 Å². The average Bonchev–Trinajstić information content (AvgIpc) is 2.87. The lowest BCUT2D eigenvalue weighted by atomic mass is 10.2. The molecular formula is C11H11IN4O2S. The van der Waals surface area contributed by atoms with Crippen LogP contribution in [0, 0.1) is 10.5 Å². The fourth-order valence-electron chi connectivity index (χ4n) is 1.57. The summed E-state index contributed by atoms with van der Waals surface area (Å²) >= 11 is 3.26. The maximum atomic E-state index is 12.1. The van der Waals surface area contributed by atoms with E-state index in [1.165, 1.54) is 22.2 Å². The predicted octanol–water partition coefficient (Wildman–Crippen LogP) is 0.870. The van der Waals surface area contributed by atoms with Crippen LogP contribution in [0.3, 0.4) is 0 Å². The Kier molecular flexibility index (Phi) is 4.32. The number of carbonyl (C=O) groups excluding carboxylic acids is 1. The van der Waals surface area contributed by atoms with Crippen molar-refractivity contribution in [2.24, 2.45) is 5.84 Å². The Balaban J connectivity index is 2.38. The van der Waals surface area contributed by atoms with Gasteiger partial charge in [0.15, 0.2) is 0 Å². The molecule has 0 aromatic carbocycles. The minimum atomic E-state index is -0.354. The number of hydrogen-bond acceptors (Lipinski definition) is 5. The van der Waals surface area contributed by atoms with Crippen LogP contribution >= 0.6 is 33.9 Å². The first kappa shape index (κ1) is 14.2. The number of rotatable bonds is 3. The van der Waals surface area contributed by atoms with Gasteiger partial charge in [0.25, 0.3) is 11.5 Å². The highest BCUT2D eigenvalue weighted by Gasteiger charge is 2.13. The molecule has 0 spiro atoms. The van der Waals surface area contributed by atoms with Gasteiger partial charge < -0.3 is 0 Å². The van der Waals surface area contributed by atoms with E-state index in [2.05, 4.69) is 10.4 Å². The zero-order chi connectivity index (χ0) is 14.0. The fourth-order valence-corrected chi connectivity index (χ4v) is 2.83. The molecule has 100 valence electrons. The maximum Gasteiger partial charge on any atom is 0.275 e. The predicted molar refractivity (Wildman–Crippen MR) is 81.0 cm³/mol. The summed E-state index contributed by atoms with van der Waals surface area (Å²) in [6.45, 7) is 2.08. The van der Waals surface area contributed by atoms with E-state index in [-0.39, 0.29) is 11.5 Å². The van der Waals surface area contributed by atoms with Crippen molar-refractivity contribution in [3.05, 3.63) is 47.8 Å². The Morgan fingerprint density at radius 2 is 2.37 bits per heavy atom. The molecule has 0 unspecified atom stereocenters. The van der Waals surface area contributed by atoms with E-state index in [0.717, 1.165) is 5.56 Å². The molecule has 0 saturated heterocycles. The van der Waals surface area contributed by atoms with E-state index in [1.54, 1.807) is 18.4 Å². The van der Waals surface area contributed by atoms with Crippen molar-refractivity contribution in [1.29, 1.82) is 0 Å². The molecule has 0 bridgehead atoms. The first-order valence-corrected chi connectivity index (χ1v) is 7.29. The smallest absolute Gasteiger partial charge is 0.275 e. The summed E-state index contributed by atoms with van der Waals surface area (Å²) in [7, 11) is 0. The van der Waals surface area contributed by atoms with E-state index < -0.39 is 0 Å². The number of nitrogens with one attached hydrogen (secondary N) is 1. The van der Waals surface area contributed by atoms with E-state index in [0.29, 0.717) is 20.7 Å². The molecule has 0 fully saturated rings. The second-order valence-corrected chi connectivity index (χ2v) is 5.82. The van der Waals surface area contributed by atoms with Crippen LogP contribution in [0.5, 0.6) is 0 Å². The minimum absolute atomic E-state index is 0.113. The van der Waals surface area contributed by atoms with Gasteiger partial charge in [0, 0.05) is 0 Å². The van der Waals surface area contributed by atoms with E-state index in [1.807, 2.05) is 22.6 Å². The summed E-state index contributed by atoms with van der Waals surface area (Å²) in [5.41, 5.74) is 3.43. The molecule has 0 saturated carbocycles. The number of nitrogens with two attached hydrogens (primary N) is 1. The van der Waals surface area contributed by atoms with Crippen molar-refractivity contribution in [1.82, 2.24) is 15.0 Å². The third-order valence-corrected chi connectivity index (χ3v) is 4.78. The molecule has 3 N–H and O–H groups in total. The van der Waals surface area contributed by atoms with Crippen LogP contribution in [0.15, 0.2) is 22.6 Å². The summed E-state index contributed by atoms with van der Waals surface area (Å²) in [5.74, 6) is 4.77. The van der Waals surface area contributed by atoms with Crippen molar-refractivity contribution < 1.29 is 4.79 Å². The number of halogens is 1. The molecule has 8 heteroatoms. The summed E-state index contributed by atoms with van der Waals surface area (Å²) in [6.07, 6.45) is 1.49. The second-order valence-electron chi connectivity index (χ2n) is 3.83. The molecule has 0 aliphatic heterocycles. The third kappa shape index (κ3) is 2.85. The van der Waals surface area contributed by atoms with E-state index in [9.17, 15) is 9.59 Å². The number of aryl methyl sites for hydroxylation is 1. The lowest BCUT2D eigenvalue weighted by Gasteiger charge is -2.07. The minimum Gasteiger partial charge on any atom is -0.294 e. The van der Waals surface area contributed by atoms with Crippen LogP contribution in [0.1, 0.15) is 20.9 Å². The number of amides is 1. The van der Waals surface area contributed by atoms with Gasteiger partial charge in [-0.2, -0.15) is 0 Å². The topological polar surface area (TPSA) is 90.0 Å². The third-order valence-electron chi connectivity index (χ3n) is 2.58. The zero-order valence-corrected chi connectivity index (χ0v) is 13.0. The van der Waals surface area contributed by atoms with Crippen LogP contribution in [0.25, 0.3) is 0 Å². The number of carbonyl (C=O) groups is 1. The Labute approximate surface area is 126 Å². The monoisotopic (exact) mass is 390 g/mol. The maximum absolute atomic E-state index is 12.1. The number of hydrogen-bond donors (Lipinski definition) is 2. The number of aromatic nitrogens is 2. The Hall–Kier alpha value is -1.26. The van der Waals surface area contributed by atoms with Crippen molar-refractivity contribution in [3.8, 4) is 0 Å². The highest BCUT2D eigenvalue weighted by atomic mass is 127. The van der Waals surface area contributed by atoms with Gasteiger partial charge >= 0.3 is 0 Å². The normalized spacial score (nSPS) is 10.5. The molecule has 19 heavy (non-hydrogen) atoms. The molecule has 2 aromatic rings. The van der Waals surface area contributed by atoms with Gasteiger partial charge in [-0.1, -0.05) is 0 Å². The summed E-state index contributed by atoms with van der Waals surface area (Å²) in [5, 5.41) is 1.79. The van der Waals surface area contributed by atoms with Gasteiger partial charge in [-0.15, -0.1) is 11.3 Å². The summed E-state index contributed by atoms with van der Waals surface area (Å²) in [6, 6.07) is 1.80. The van der Waals surface area contributed by atoms with E-state index >= 15 is 0 Å². The molecule has 1 amide bonds. The fraction of sp³-hybridized carbons (Fsp3) is 0.182. The molecule has 0 atom stereocenters. The van der Waals surface area contributed by atoms with Crippen LogP contribution in [-0.4, -0.2) is 15.5 Å². The quantitative estimate of drug-likeness (QED) is 0.352. The molecule has 0 aliphatic rings. The average molecular weight is 390 g/mol. The number of thiophene rings is 1. The van der Waals surface area contributed by atoms with Gasteiger partial charge in [-0.05, 0) is 46.5 Å². The zero-order valence-electron chi connectivity index (χ0n) is 10.0. The van der Waals surface area contributed by atoms with Crippen LogP contribution in [0.2, 0.25) is 0 Å². The van der Waals surface area contributed by atoms with Crippen molar-refractivity contribution in [3.63, 3.8) is 0 Å². The van der Waals surface area contributed by atoms with Gasteiger partial charge in [0.05, 0.1) is 27.0 Å². The van der Waals surface area contributed by atoms with E-state index in [4.69, 9.17) is 5.84 Å². The first-order valence-electron chi connectivity index (χ1n) is 5.33. The van der Waals surface area contributed by atoms with Gasteiger partial charge in [-0.25, -0.2) is 10.8 Å². The van der Waals surface area contributed by atoms with Crippen molar-refractivity contribution >= 4 is 39.8 Å². The standard InChI is InChI=1S/C11H11IN4O2S/c1-6-8(12)11(18)16(5-14-6)4-7-2-3-19-9(7)10(17)15-13/h2-3,5H,4,13H2,1H3,(H,15,17). The molecule has 2 heterocycles. The SMILES string of the molecule is Cc1ncn(Cc2ccsc2C(=O)NN)c(=O)c1I. The first-order chi connectivity index (χ1) is 9.04. The molecular weight excluding hydrogens is 379 g/mol.